The Hall–Kier alpha value is -3.71. The van der Waals surface area contributed by atoms with E-state index in [2.05, 4.69) is 38.6 Å². The summed E-state index contributed by atoms with van der Waals surface area (Å²) in [5.74, 6) is -0.349. The van der Waals surface area contributed by atoms with Gasteiger partial charge in [0.1, 0.15) is 0 Å². The third-order valence-corrected chi connectivity index (χ3v) is 5.56. The summed E-state index contributed by atoms with van der Waals surface area (Å²) < 4.78 is 0.627. The number of nitrogen functional groups attached to an aromatic ring is 1. The summed E-state index contributed by atoms with van der Waals surface area (Å²) in [6.07, 6.45) is 3.63. The molecule has 1 aliphatic rings. The highest BCUT2D eigenvalue weighted by Crippen LogP contribution is 2.34. The Morgan fingerprint density at radius 2 is 1.52 bits per heavy atom. The molecular formula is C24H19BrN4O2. The first-order valence-electron chi connectivity index (χ1n) is 9.60. The molecule has 154 valence electrons. The normalized spacial score (nSPS) is 11.8. The summed E-state index contributed by atoms with van der Waals surface area (Å²) >= 11 is 3.27. The quantitative estimate of drug-likeness (QED) is 0.377. The number of aromatic nitrogens is 2. The number of carbonyl (C=O) groups excluding carboxylic acids is 2. The number of nitrogens with zero attached hydrogens (tertiary/aromatic N) is 2. The van der Waals surface area contributed by atoms with Gasteiger partial charge in [-0.1, -0.05) is 54.6 Å². The average Bonchev–Trinajstić information content (AvgIpc) is 3.33. The van der Waals surface area contributed by atoms with Crippen molar-refractivity contribution in [2.45, 2.75) is 6.54 Å². The lowest BCUT2D eigenvalue weighted by Gasteiger charge is -2.19. The first-order chi connectivity index (χ1) is 15.1. The van der Waals surface area contributed by atoms with E-state index in [0.29, 0.717) is 32.4 Å². The third-order valence-electron chi connectivity index (χ3n) is 4.87. The van der Waals surface area contributed by atoms with Gasteiger partial charge in [0.2, 0.25) is 0 Å². The largest absolute Gasteiger partial charge is 0.397 e. The Morgan fingerprint density at radius 3 is 2.19 bits per heavy atom. The van der Waals surface area contributed by atoms with E-state index >= 15 is 0 Å². The van der Waals surface area contributed by atoms with Crippen LogP contribution in [0.2, 0.25) is 0 Å². The molecule has 0 amide bonds. The number of ketones is 2. The predicted molar refractivity (Wildman–Crippen MR) is 124 cm³/mol. The Kier molecular flexibility index (Phi) is 5.95. The van der Waals surface area contributed by atoms with Gasteiger partial charge in [-0.05, 0) is 39.7 Å². The van der Waals surface area contributed by atoms with Crippen LogP contribution in [0, 0.1) is 0 Å². The number of nitrogens with two attached hydrogens (primary N) is 1. The molecule has 0 unspecified atom stereocenters. The van der Waals surface area contributed by atoms with Crippen LogP contribution in [-0.4, -0.2) is 21.5 Å². The lowest BCUT2D eigenvalue weighted by molar-refractivity contribution is 0.0979. The fourth-order valence-corrected chi connectivity index (χ4v) is 3.65. The number of hydrogen-bond acceptors (Lipinski definition) is 5. The molecule has 0 spiro atoms. The van der Waals surface area contributed by atoms with E-state index in [-0.39, 0.29) is 11.6 Å². The van der Waals surface area contributed by atoms with Crippen molar-refractivity contribution in [3.63, 3.8) is 0 Å². The minimum atomic E-state index is -0.195. The smallest absolute Gasteiger partial charge is 0.196 e. The number of carbonyl (C=O) groups is 2. The maximum absolute atomic E-state index is 12.4. The van der Waals surface area contributed by atoms with Crippen molar-refractivity contribution >= 4 is 33.2 Å². The van der Waals surface area contributed by atoms with Gasteiger partial charge in [0.05, 0.1) is 24.0 Å². The molecule has 0 radical (unpaired) electrons. The average molecular weight is 475 g/mol. The molecule has 7 heteroatoms. The van der Waals surface area contributed by atoms with Crippen LogP contribution >= 0.6 is 15.9 Å². The van der Waals surface area contributed by atoms with Gasteiger partial charge in [-0.2, -0.15) is 9.89 Å². The van der Waals surface area contributed by atoms with Crippen molar-refractivity contribution in [2.24, 2.45) is 0 Å². The zero-order valence-corrected chi connectivity index (χ0v) is 18.0. The van der Waals surface area contributed by atoms with Crippen molar-refractivity contribution in [1.82, 2.24) is 9.89 Å². The minimum Gasteiger partial charge on any atom is -0.397 e. The molecule has 1 aliphatic carbocycles. The summed E-state index contributed by atoms with van der Waals surface area (Å²) in [6, 6.07) is 22.2. The van der Waals surface area contributed by atoms with Crippen molar-refractivity contribution < 1.29 is 9.59 Å². The fraction of sp³-hybridized carbons (Fsp3) is 0.0417. The van der Waals surface area contributed by atoms with Crippen LogP contribution in [0.25, 0.3) is 0 Å². The van der Waals surface area contributed by atoms with E-state index in [9.17, 15) is 9.59 Å². The number of fused-ring (bicyclic) bond motifs is 2. The number of rotatable bonds is 3. The van der Waals surface area contributed by atoms with Crippen LogP contribution < -0.4 is 11.2 Å². The summed E-state index contributed by atoms with van der Waals surface area (Å²) in [4.78, 5) is 26.4. The fourth-order valence-electron chi connectivity index (χ4n) is 3.32. The van der Waals surface area contributed by atoms with E-state index in [4.69, 9.17) is 5.73 Å². The first kappa shape index (κ1) is 20.6. The van der Waals surface area contributed by atoms with Gasteiger partial charge < -0.3 is 11.2 Å². The highest BCUT2D eigenvalue weighted by molar-refractivity contribution is 9.10. The molecule has 6 nitrogen and oxygen atoms in total. The van der Waals surface area contributed by atoms with Gasteiger partial charge in [-0.15, -0.1) is 0 Å². The maximum Gasteiger partial charge on any atom is 0.196 e. The minimum absolute atomic E-state index is 0.153. The summed E-state index contributed by atoms with van der Waals surface area (Å²) in [5.41, 5.74) is 12.1. The molecule has 0 fully saturated rings. The van der Waals surface area contributed by atoms with E-state index in [0.717, 1.165) is 6.54 Å². The maximum atomic E-state index is 12.4. The number of nitrogens with one attached hydrogen (secondary N) is 1. The zero-order valence-electron chi connectivity index (χ0n) is 16.5. The molecule has 0 saturated heterocycles. The van der Waals surface area contributed by atoms with Crippen LogP contribution in [0.4, 0.5) is 5.69 Å². The SMILES string of the molecule is Nc1c(Br)ccc2c1C(=O)c1ccccc1C2=O.c1ccc(CNn2cccn2)cc1. The van der Waals surface area contributed by atoms with Crippen LogP contribution in [0.5, 0.6) is 0 Å². The molecule has 4 aromatic rings. The first-order valence-corrected chi connectivity index (χ1v) is 10.4. The standard InChI is InChI=1S/C14H8BrNO2.C10H11N3/c15-10-6-5-9-11(12(10)16)14(18)8-4-2-1-3-7(8)13(9)17;1-2-5-10(6-3-1)9-12-13-8-4-7-11-13/h1-6H,16H2;1-8,12H,9H2. The molecular weight excluding hydrogens is 456 g/mol. The van der Waals surface area contributed by atoms with Crippen molar-refractivity contribution in [3.05, 3.63) is 117 Å². The number of anilines is 1. The second-order valence-electron chi connectivity index (χ2n) is 6.86. The van der Waals surface area contributed by atoms with E-state index < -0.39 is 0 Å². The van der Waals surface area contributed by atoms with Crippen molar-refractivity contribution in [3.8, 4) is 0 Å². The van der Waals surface area contributed by atoms with E-state index in [1.165, 1.54) is 5.56 Å². The van der Waals surface area contributed by atoms with Crippen LogP contribution in [0.1, 0.15) is 37.4 Å². The van der Waals surface area contributed by atoms with Gasteiger partial charge in [0.25, 0.3) is 0 Å². The Bertz CT molecular complexity index is 1240. The molecule has 5 rings (SSSR count). The molecule has 0 bridgehead atoms. The third kappa shape index (κ3) is 4.27. The molecule has 3 aromatic carbocycles. The van der Waals surface area contributed by atoms with Gasteiger partial charge in [0.15, 0.2) is 11.6 Å². The van der Waals surface area contributed by atoms with Gasteiger partial charge >= 0.3 is 0 Å². The van der Waals surface area contributed by atoms with Crippen molar-refractivity contribution in [1.29, 1.82) is 0 Å². The van der Waals surface area contributed by atoms with Gasteiger partial charge in [0, 0.05) is 27.4 Å². The number of halogens is 1. The van der Waals surface area contributed by atoms with E-state index in [1.54, 1.807) is 47.4 Å². The number of benzene rings is 3. The molecule has 1 aromatic heterocycles. The highest BCUT2D eigenvalue weighted by atomic mass is 79.9. The molecule has 31 heavy (non-hydrogen) atoms. The molecule has 0 saturated carbocycles. The summed E-state index contributed by atoms with van der Waals surface area (Å²) in [7, 11) is 0. The monoisotopic (exact) mass is 474 g/mol. The predicted octanol–water partition coefficient (Wildman–Crippen LogP) is 4.43. The van der Waals surface area contributed by atoms with Crippen LogP contribution in [-0.2, 0) is 6.54 Å². The summed E-state index contributed by atoms with van der Waals surface area (Å²) in [5, 5.41) is 4.04. The lowest BCUT2D eigenvalue weighted by atomic mass is 9.83. The molecule has 0 aliphatic heterocycles. The second-order valence-corrected chi connectivity index (χ2v) is 7.71. The molecule has 3 N–H and O–H groups in total. The van der Waals surface area contributed by atoms with Crippen LogP contribution in [0.15, 0.2) is 89.7 Å². The molecule has 0 atom stereocenters. The Morgan fingerprint density at radius 1 is 0.839 bits per heavy atom. The lowest BCUT2D eigenvalue weighted by Crippen LogP contribution is -2.22. The van der Waals surface area contributed by atoms with E-state index in [1.807, 2.05) is 30.5 Å². The Balaban J connectivity index is 0.000000158. The Labute approximate surface area is 187 Å². The van der Waals surface area contributed by atoms with Gasteiger partial charge in [-0.25, -0.2) is 0 Å². The zero-order chi connectivity index (χ0) is 21.8. The highest BCUT2D eigenvalue weighted by Gasteiger charge is 2.31. The molecule has 1 heterocycles. The number of hydrogen-bond donors (Lipinski definition) is 2. The topological polar surface area (TPSA) is 90.0 Å². The summed E-state index contributed by atoms with van der Waals surface area (Å²) in [6.45, 7) is 0.794. The van der Waals surface area contributed by atoms with Gasteiger partial charge in [-0.3, -0.25) is 9.59 Å². The van der Waals surface area contributed by atoms with Crippen LogP contribution in [0.3, 0.4) is 0 Å². The second kappa shape index (κ2) is 8.97. The van der Waals surface area contributed by atoms with Crippen molar-refractivity contribution in [2.75, 3.05) is 11.2 Å².